The summed E-state index contributed by atoms with van der Waals surface area (Å²) >= 11 is 0. The van der Waals surface area contributed by atoms with Crippen LogP contribution in [-0.4, -0.2) is 0 Å². The molecule has 1 atom stereocenters. The Balaban J connectivity index is 1.85. The minimum Gasteiger partial charge on any atom is -0.0853 e. The average Bonchev–Trinajstić information content (AvgIpc) is 2.54. The van der Waals surface area contributed by atoms with Crippen molar-refractivity contribution in [2.45, 2.75) is 51.9 Å². The monoisotopic (exact) mass is 164 g/mol. The molecule has 0 radical (unpaired) electrons. The van der Waals surface area contributed by atoms with E-state index in [1.807, 2.05) is 0 Å². The van der Waals surface area contributed by atoms with Crippen LogP contribution in [0.2, 0.25) is 0 Å². The molecule has 1 saturated carbocycles. The molecule has 0 amide bonds. The first kappa shape index (κ1) is 8.34. The Bertz CT molecular complexity index is 172. The first-order valence-corrected chi connectivity index (χ1v) is 5.52. The van der Waals surface area contributed by atoms with Gasteiger partial charge in [0.15, 0.2) is 0 Å². The van der Waals surface area contributed by atoms with Gasteiger partial charge in [-0.15, -0.1) is 0 Å². The van der Waals surface area contributed by atoms with Crippen LogP contribution in [0.1, 0.15) is 51.9 Å². The van der Waals surface area contributed by atoms with Gasteiger partial charge in [-0.3, -0.25) is 0 Å². The fourth-order valence-electron chi connectivity index (χ4n) is 2.90. The minimum absolute atomic E-state index is 1.03. The summed E-state index contributed by atoms with van der Waals surface area (Å²) in [7, 11) is 0. The van der Waals surface area contributed by atoms with Crippen LogP contribution in [0.4, 0.5) is 0 Å². The van der Waals surface area contributed by atoms with Gasteiger partial charge in [0.25, 0.3) is 0 Å². The molecule has 0 aliphatic heterocycles. The van der Waals surface area contributed by atoms with Crippen LogP contribution in [0.5, 0.6) is 0 Å². The summed E-state index contributed by atoms with van der Waals surface area (Å²) in [5.41, 5.74) is 1.64. The number of allylic oxidation sites excluding steroid dienone is 2. The molecule has 0 heterocycles. The lowest BCUT2D eigenvalue weighted by atomic mass is 9.78. The first-order chi connectivity index (χ1) is 5.86. The summed E-state index contributed by atoms with van der Waals surface area (Å²) in [6.07, 6.45) is 12.8. The van der Waals surface area contributed by atoms with Gasteiger partial charge in [-0.05, 0) is 31.6 Å². The van der Waals surface area contributed by atoms with Crippen molar-refractivity contribution in [3.8, 4) is 0 Å². The Labute approximate surface area is 76.1 Å². The fraction of sp³-hybridized carbons (Fsp3) is 0.833. The standard InChI is InChI=1S/C12H20/c1-10-7-8-12(9-10)11-5-3-2-4-6-11/h7,11-12H,2-6,8-9H2,1H3. The van der Waals surface area contributed by atoms with Crippen molar-refractivity contribution in [1.29, 1.82) is 0 Å². The third-order valence-electron chi connectivity index (χ3n) is 3.67. The van der Waals surface area contributed by atoms with E-state index in [4.69, 9.17) is 0 Å². The SMILES string of the molecule is CC1=CCC(C2CCCCC2)C1. The van der Waals surface area contributed by atoms with Crippen LogP contribution in [0.25, 0.3) is 0 Å². The van der Waals surface area contributed by atoms with Crippen LogP contribution in [0.3, 0.4) is 0 Å². The van der Waals surface area contributed by atoms with Crippen molar-refractivity contribution in [2.75, 3.05) is 0 Å². The van der Waals surface area contributed by atoms with Gasteiger partial charge in [-0.25, -0.2) is 0 Å². The third-order valence-corrected chi connectivity index (χ3v) is 3.67. The van der Waals surface area contributed by atoms with Crippen molar-refractivity contribution in [3.63, 3.8) is 0 Å². The Hall–Kier alpha value is -0.260. The van der Waals surface area contributed by atoms with Gasteiger partial charge in [-0.1, -0.05) is 43.8 Å². The smallest absolute Gasteiger partial charge is 0.0289 e. The zero-order valence-electron chi connectivity index (χ0n) is 8.18. The molecular weight excluding hydrogens is 144 g/mol. The quantitative estimate of drug-likeness (QED) is 0.515. The lowest BCUT2D eigenvalue weighted by molar-refractivity contribution is 0.256. The van der Waals surface area contributed by atoms with Crippen molar-refractivity contribution >= 4 is 0 Å². The van der Waals surface area contributed by atoms with Gasteiger partial charge < -0.3 is 0 Å². The molecule has 0 heteroatoms. The molecule has 0 aromatic rings. The zero-order chi connectivity index (χ0) is 8.39. The van der Waals surface area contributed by atoms with E-state index in [0.717, 1.165) is 11.8 Å². The highest BCUT2D eigenvalue weighted by Gasteiger charge is 2.25. The lowest BCUT2D eigenvalue weighted by Gasteiger charge is -2.27. The molecule has 0 nitrogen and oxygen atoms in total. The molecule has 0 saturated heterocycles. The second kappa shape index (κ2) is 3.64. The molecule has 2 aliphatic rings. The summed E-state index contributed by atoms with van der Waals surface area (Å²) in [5, 5.41) is 0. The van der Waals surface area contributed by atoms with Gasteiger partial charge in [0.05, 0.1) is 0 Å². The molecular formula is C12H20. The maximum absolute atomic E-state index is 2.46. The molecule has 0 N–H and O–H groups in total. The molecule has 0 bridgehead atoms. The van der Waals surface area contributed by atoms with Crippen molar-refractivity contribution in [1.82, 2.24) is 0 Å². The van der Waals surface area contributed by atoms with E-state index >= 15 is 0 Å². The largest absolute Gasteiger partial charge is 0.0853 e. The maximum atomic E-state index is 2.46. The Kier molecular flexibility index (Phi) is 2.53. The summed E-state index contributed by atoms with van der Waals surface area (Å²) in [5.74, 6) is 2.11. The molecule has 1 unspecified atom stereocenters. The molecule has 12 heavy (non-hydrogen) atoms. The molecule has 2 aliphatic carbocycles. The number of rotatable bonds is 1. The summed E-state index contributed by atoms with van der Waals surface area (Å²) in [4.78, 5) is 0. The van der Waals surface area contributed by atoms with Crippen molar-refractivity contribution < 1.29 is 0 Å². The predicted molar refractivity (Wildman–Crippen MR) is 53.1 cm³/mol. The molecule has 2 rings (SSSR count). The van der Waals surface area contributed by atoms with Crippen LogP contribution < -0.4 is 0 Å². The Morgan fingerprint density at radius 1 is 1.08 bits per heavy atom. The van der Waals surface area contributed by atoms with E-state index in [0.29, 0.717) is 0 Å². The van der Waals surface area contributed by atoms with E-state index in [1.54, 1.807) is 5.57 Å². The molecule has 0 spiro atoms. The van der Waals surface area contributed by atoms with E-state index < -0.39 is 0 Å². The van der Waals surface area contributed by atoms with E-state index in [9.17, 15) is 0 Å². The zero-order valence-corrected chi connectivity index (χ0v) is 8.18. The molecule has 0 aromatic heterocycles. The number of hydrogen-bond donors (Lipinski definition) is 0. The van der Waals surface area contributed by atoms with E-state index in [1.165, 1.54) is 44.9 Å². The van der Waals surface area contributed by atoms with Gasteiger partial charge in [0, 0.05) is 0 Å². The maximum Gasteiger partial charge on any atom is -0.0289 e. The summed E-state index contributed by atoms with van der Waals surface area (Å²) < 4.78 is 0. The van der Waals surface area contributed by atoms with Gasteiger partial charge >= 0.3 is 0 Å². The highest BCUT2D eigenvalue weighted by Crippen LogP contribution is 2.38. The Morgan fingerprint density at radius 3 is 2.42 bits per heavy atom. The normalized spacial score (nSPS) is 32.1. The fourth-order valence-corrected chi connectivity index (χ4v) is 2.90. The number of hydrogen-bond acceptors (Lipinski definition) is 0. The predicted octanol–water partition coefficient (Wildman–Crippen LogP) is 3.92. The summed E-state index contributed by atoms with van der Waals surface area (Å²) in [6.45, 7) is 2.29. The van der Waals surface area contributed by atoms with Crippen molar-refractivity contribution in [2.24, 2.45) is 11.8 Å². The third kappa shape index (κ3) is 1.73. The van der Waals surface area contributed by atoms with Gasteiger partial charge in [0.1, 0.15) is 0 Å². The molecule has 0 aromatic carbocycles. The van der Waals surface area contributed by atoms with Crippen LogP contribution in [0, 0.1) is 11.8 Å². The van der Waals surface area contributed by atoms with Gasteiger partial charge in [-0.2, -0.15) is 0 Å². The van der Waals surface area contributed by atoms with E-state index in [2.05, 4.69) is 13.0 Å². The summed E-state index contributed by atoms with van der Waals surface area (Å²) in [6, 6.07) is 0. The van der Waals surface area contributed by atoms with Crippen LogP contribution in [0.15, 0.2) is 11.6 Å². The average molecular weight is 164 g/mol. The van der Waals surface area contributed by atoms with Crippen LogP contribution in [-0.2, 0) is 0 Å². The van der Waals surface area contributed by atoms with E-state index in [-0.39, 0.29) is 0 Å². The Morgan fingerprint density at radius 2 is 1.83 bits per heavy atom. The molecule has 1 fully saturated rings. The van der Waals surface area contributed by atoms with Crippen molar-refractivity contribution in [3.05, 3.63) is 11.6 Å². The highest BCUT2D eigenvalue weighted by atomic mass is 14.3. The highest BCUT2D eigenvalue weighted by molar-refractivity contribution is 5.07. The minimum atomic E-state index is 1.03. The van der Waals surface area contributed by atoms with Gasteiger partial charge in [0.2, 0.25) is 0 Å². The second-order valence-corrected chi connectivity index (χ2v) is 4.65. The second-order valence-electron chi connectivity index (χ2n) is 4.65. The molecule has 68 valence electrons. The topological polar surface area (TPSA) is 0 Å². The van der Waals surface area contributed by atoms with Crippen LogP contribution >= 0.6 is 0 Å². The lowest BCUT2D eigenvalue weighted by Crippen LogP contribution is -2.15. The first-order valence-electron chi connectivity index (χ1n) is 5.52.